The van der Waals surface area contributed by atoms with Crippen molar-refractivity contribution < 1.29 is 9.84 Å². The van der Waals surface area contributed by atoms with Gasteiger partial charge in [-0.2, -0.15) is 0 Å². The third-order valence-corrected chi connectivity index (χ3v) is 3.28. The lowest BCUT2D eigenvalue weighted by molar-refractivity contribution is -0.0611. The van der Waals surface area contributed by atoms with E-state index in [0.717, 1.165) is 35.9 Å². The summed E-state index contributed by atoms with van der Waals surface area (Å²) in [6.45, 7) is 0.776. The van der Waals surface area contributed by atoms with Crippen LogP contribution < -0.4 is 0 Å². The molecule has 2 heterocycles. The van der Waals surface area contributed by atoms with Gasteiger partial charge >= 0.3 is 0 Å². The van der Waals surface area contributed by atoms with Crippen molar-refractivity contribution in [3.8, 4) is 0 Å². The summed E-state index contributed by atoms with van der Waals surface area (Å²) < 4.78 is 6.51. The molecule has 1 aliphatic rings. The van der Waals surface area contributed by atoms with Gasteiger partial charge in [-0.25, -0.2) is 0 Å². The molecule has 1 aromatic rings. The molecule has 1 N–H and O–H groups in total. The highest BCUT2D eigenvalue weighted by atomic mass is 79.9. The van der Waals surface area contributed by atoms with Crippen LogP contribution in [0.3, 0.4) is 0 Å². The summed E-state index contributed by atoms with van der Waals surface area (Å²) in [4.78, 5) is 4.08. The van der Waals surface area contributed by atoms with Gasteiger partial charge in [0.1, 0.15) is 0 Å². The fourth-order valence-corrected chi connectivity index (χ4v) is 2.42. The van der Waals surface area contributed by atoms with E-state index in [1.54, 1.807) is 12.4 Å². The lowest BCUT2D eigenvalue weighted by atomic mass is 9.99. The van der Waals surface area contributed by atoms with Crippen LogP contribution in [0.15, 0.2) is 22.9 Å². The van der Waals surface area contributed by atoms with Crippen molar-refractivity contribution in [2.45, 2.75) is 37.9 Å². The Bertz CT molecular complexity index is 340. The molecule has 1 saturated heterocycles. The Labute approximate surface area is 104 Å². The summed E-state index contributed by atoms with van der Waals surface area (Å²) in [5, 5.41) is 10.1. The predicted octanol–water partition coefficient (Wildman–Crippen LogP) is 2.32. The van der Waals surface area contributed by atoms with Gasteiger partial charge in [-0.3, -0.25) is 4.98 Å². The second kappa shape index (κ2) is 5.75. The van der Waals surface area contributed by atoms with Crippen LogP contribution in [0, 0.1) is 0 Å². The van der Waals surface area contributed by atoms with Crippen LogP contribution in [0.4, 0.5) is 0 Å². The molecule has 0 aromatic carbocycles. The normalized spacial score (nSPS) is 23.0. The molecule has 0 bridgehead atoms. The number of hydrogen-bond acceptors (Lipinski definition) is 3. The van der Waals surface area contributed by atoms with Gasteiger partial charge in [0, 0.05) is 29.9 Å². The molecule has 4 heteroatoms. The Kier molecular flexibility index (Phi) is 4.32. The van der Waals surface area contributed by atoms with Crippen molar-refractivity contribution in [2.24, 2.45) is 0 Å². The highest BCUT2D eigenvalue weighted by Gasteiger charge is 2.22. The summed E-state index contributed by atoms with van der Waals surface area (Å²) in [5.41, 5.74) is 1.04. The van der Waals surface area contributed by atoms with Crippen LogP contribution in [0.2, 0.25) is 0 Å². The molecule has 0 saturated carbocycles. The maximum absolute atomic E-state index is 10.1. The van der Waals surface area contributed by atoms with E-state index in [2.05, 4.69) is 20.9 Å². The van der Waals surface area contributed by atoms with Crippen molar-refractivity contribution in [3.63, 3.8) is 0 Å². The standard InChI is InChI=1S/C12H16BrNO2/c13-10-5-9(7-14-8-10)6-11(15)12-3-1-2-4-16-12/h5,7-8,11-12,15H,1-4,6H2. The maximum atomic E-state index is 10.1. The molecular weight excluding hydrogens is 270 g/mol. The number of rotatable bonds is 3. The van der Waals surface area contributed by atoms with Gasteiger partial charge in [0.05, 0.1) is 12.2 Å². The molecule has 0 radical (unpaired) electrons. The molecule has 1 aromatic heterocycles. The zero-order valence-corrected chi connectivity index (χ0v) is 10.7. The first-order valence-corrected chi connectivity index (χ1v) is 6.44. The molecule has 3 nitrogen and oxygen atoms in total. The number of hydrogen-bond donors (Lipinski definition) is 1. The Balaban J connectivity index is 1.93. The zero-order chi connectivity index (χ0) is 11.4. The number of aliphatic hydroxyl groups is 1. The van der Waals surface area contributed by atoms with Gasteiger partial charge in [0.15, 0.2) is 0 Å². The van der Waals surface area contributed by atoms with E-state index in [4.69, 9.17) is 4.74 Å². The first-order valence-electron chi connectivity index (χ1n) is 5.65. The van der Waals surface area contributed by atoms with Crippen molar-refractivity contribution in [1.82, 2.24) is 4.98 Å². The van der Waals surface area contributed by atoms with Gasteiger partial charge < -0.3 is 9.84 Å². The zero-order valence-electron chi connectivity index (χ0n) is 9.10. The molecule has 0 amide bonds. The number of ether oxygens (including phenoxy) is 1. The molecule has 1 aliphatic heterocycles. The van der Waals surface area contributed by atoms with Crippen molar-refractivity contribution >= 4 is 15.9 Å². The molecule has 16 heavy (non-hydrogen) atoms. The summed E-state index contributed by atoms with van der Waals surface area (Å²) in [6, 6.07) is 1.99. The number of aliphatic hydroxyl groups excluding tert-OH is 1. The summed E-state index contributed by atoms with van der Waals surface area (Å²) in [7, 11) is 0. The van der Waals surface area contributed by atoms with Crippen LogP contribution in [-0.4, -0.2) is 28.9 Å². The Morgan fingerprint density at radius 3 is 3.06 bits per heavy atom. The van der Waals surface area contributed by atoms with E-state index in [1.807, 2.05) is 6.07 Å². The molecule has 2 rings (SSSR count). The van der Waals surface area contributed by atoms with Crippen LogP contribution in [0.25, 0.3) is 0 Å². The maximum Gasteiger partial charge on any atom is 0.0842 e. The van der Waals surface area contributed by atoms with E-state index >= 15 is 0 Å². The summed E-state index contributed by atoms with van der Waals surface area (Å²) in [6.07, 6.45) is 6.94. The van der Waals surface area contributed by atoms with Gasteiger partial charge in [0.2, 0.25) is 0 Å². The number of halogens is 1. The largest absolute Gasteiger partial charge is 0.390 e. The van der Waals surface area contributed by atoms with Crippen LogP contribution in [0.1, 0.15) is 24.8 Å². The summed E-state index contributed by atoms with van der Waals surface area (Å²) >= 11 is 3.37. The van der Waals surface area contributed by atoms with Gasteiger partial charge in [0.25, 0.3) is 0 Å². The molecule has 0 spiro atoms. The first kappa shape index (κ1) is 12.0. The number of nitrogens with zero attached hydrogens (tertiary/aromatic N) is 1. The van der Waals surface area contributed by atoms with Crippen LogP contribution in [-0.2, 0) is 11.2 Å². The Morgan fingerprint density at radius 1 is 1.50 bits per heavy atom. The van der Waals surface area contributed by atoms with E-state index in [9.17, 15) is 5.11 Å². The minimum atomic E-state index is -0.420. The van der Waals surface area contributed by atoms with E-state index in [-0.39, 0.29) is 6.10 Å². The molecule has 1 fully saturated rings. The lowest BCUT2D eigenvalue weighted by Gasteiger charge is -2.27. The molecule has 0 aliphatic carbocycles. The topological polar surface area (TPSA) is 42.4 Å². The van der Waals surface area contributed by atoms with Crippen molar-refractivity contribution in [1.29, 1.82) is 0 Å². The van der Waals surface area contributed by atoms with Gasteiger partial charge in [-0.15, -0.1) is 0 Å². The minimum absolute atomic E-state index is 0.00673. The second-order valence-corrected chi connectivity index (χ2v) is 5.10. The van der Waals surface area contributed by atoms with E-state index < -0.39 is 6.10 Å². The fourth-order valence-electron chi connectivity index (χ4n) is 2.01. The monoisotopic (exact) mass is 285 g/mol. The van der Waals surface area contributed by atoms with E-state index in [0.29, 0.717) is 6.42 Å². The van der Waals surface area contributed by atoms with Crippen molar-refractivity contribution in [3.05, 3.63) is 28.5 Å². The molecular formula is C12H16BrNO2. The number of aromatic nitrogens is 1. The predicted molar refractivity (Wildman–Crippen MR) is 65.2 cm³/mol. The fraction of sp³-hybridized carbons (Fsp3) is 0.583. The van der Waals surface area contributed by atoms with Crippen LogP contribution >= 0.6 is 15.9 Å². The van der Waals surface area contributed by atoms with Gasteiger partial charge in [-0.05, 0) is 46.8 Å². The Hall–Kier alpha value is -0.450. The third kappa shape index (κ3) is 3.27. The average Bonchev–Trinajstić information content (AvgIpc) is 2.30. The highest BCUT2D eigenvalue weighted by molar-refractivity contribution is 9.10. The SMILES string of the molecule is OC(Cc1cncc(Br)c1)C1CCCCO1. The Morgan fingerprint density at radius 2 is 2.38 bits per heavy atom. The summed E-state index contributed by atoms with van der Waals surface area (Å²) in [5.74, 6) is 0. The highest BCUT2D eigenvalue weighted by Crippen LogP contribution is 2.19. The molecule has 88 valence electrons. The minimum Gasteiger partial charge on any atom is -0.390 e. The third-order valence-electron chi connectivity index (χ3n) is 2.85. The quantitative estimate of drug-likeness (QED) is 0.927. The number of pyridine rings is 1. The van der Waals surface area contributed by atoms with Crippen molar-refractivity contribution in [2.75, 3.05) is 6.61 Å². The lowest BCUT2D eigenvalue weighted by Crippen LogP contribution is -2.33. The average molecular weight is 286 g/mol. The van der Waals surface area contributed by atoms with Gasteiger partial charge in [-0.1, -0.05) is 0 Å². The van der Waals surface area contributed by atoms with E-state index in [1.165, 1.54) is 0 Å². The first-order chi connectivity index (χ1) is 7.75. The molecule has 2 atom stereocenters. The molecule has 2 unspecified atom stereocenters. The second-order valence-electron chi connectivity index (χ2n) is 4.19. The smallest absolute Gasteiger partial charge is 0.0842 e. The van der Waals surface area contributed by atoms with Crippen LogP contribution in [0.5, 0.6) is 0 Å².